The number of hydrogen-bond donors (Lipinski definition) is 2. The van der Waals surface area contributed by atoms with E-state index in [0.717, 1.165) is 57.7 Å². The second-order valence-corrected chi connectivity index (χ2v) is 8.09. The van der Waals surface area contributed by atoms with Gasteiger partial charge in [0.05, 0.1) is 12.0 Å². The van der Waals surface area contributed by atoms with E-state index in [9.17, 15) is 4.79 Å². The van der Waals surface area contributed by atoms with Crippen molar-refractivity contribution in [2.45, 2.75) is 65.3 Å². The Morgan fingerprint density at radius 1 is 1.11 bits per heavy atom. The average Bonchev–Trinajstić information content (AvgIpc) is 3.08. The average molecular weight is 495 g/mol. The van der Waals surface area contributed by atoms with Crippen molar-refractivity contribution in [3.63, 3.8) is 0 Å². The van der Waals surface area contributed by atoms with Gasteiger partial charge in [0.15, 0.2) is 5.96 Å². The van der Waals surface area contributed by atoms with Crippen molar-refractivity contribution in [1.29, 1.82) is 0 Å². The fourth-order valence-electron chi connectivity index (χ4n) is 3.49. The number of carbonyl (C=O) groups excluding carboxylic acids is 1. The lowest BCUT2D eigenvalue weighted by atomic mass is 9.85. The van der Waals surface area contributed by atoms with Crippen molar-refractivity contribution < 1.29 is 4.79 Å². The molecule has 0 aromatic heterocycles. The van der Waals surface area contributed by atoms with Crippen molar-refractivity contribution in [2.75, 3.05) is 47.3 Å². The summed E-state index contributed by atoms with van der Waals surface area (Å²) in [5.41, 5.74) is -0.300. The minimum Gasteiger partial charge on any atom is -0.357 e. The van der Waals surface area contributed by atoms with Gasteiger partial charge in [-0.1, -0.05) is 12.8 Å². The molecule has 1 fully saturated rings. The zero-order valence-electron chi connectivity index (χ0n) is 18.3. The van der Waals surface area contributed by atoms with Gasteiger partial charge in [0, 0.05) is 33.2 Å². The summed E-state index contributed by atoms with van der Waals surface area (Å²) in [5.74, 6) is 1.06. The number of guanidine groups is 1. The van der Waals surface area contributed by atoms with Crippen molar-refractivity contribution in [1.82, 2.24) is 20.4 Å². The van der Waals surface area contributed by atoms with Crippen LogP contribution in [0, 0.1) is 5.41 Å². The number of carbonyl (C=O) groups is 1. The molecule has 160 valence electrons. The molecule has 1 amide bonds. The zero-order chi connectivity index (χ0) is 19.6. The molecule has 6 nitrogen and oxygen atoms in total. The van der Waals surface area contributed by atoms with Crippen molar-refractivity contribution >= 4 is 35.8 Å². The number of hydrogen-bond acceptors (Lipinski definition) is 3. The Morgan fingerprint density at radius 2 is 1.74 bits per heavy atom. The number of nitrogens with one attached hydrogen (secondary N) is 2. The molecule has 1 aliphatic carbocycles. The Morgan fingerprint density at radius 3 is 2.26 bits per heavy atom. The van der Waals surface area contributed by atoms with Crippen LogP contribution in [0.3, 0.4) is 0 Å². The monoisotopic (exact) mass is 495 g/mol. The summed E-state index contributed by atoms with van der Waals surface area (Å²) in [6, 6.07) is 0.596. The van der Waals surface area contributed by atoms with Gasteiger partial charge in [-0.25, -0.2) is 0 Å². The number of nitrogens with zero attached hydrogens (tertiary/aromatic N) is 3. The van der Waals surface area contributed by atoms with Gasteiger partial charge in [0.2, 0.25) is 5.91 Å². The minimum absolute atomic E-state index is 0. The predicted molar refractivity (Wildman–Crippen MR) is 126 cm³/mol. The van der Waals surface area contributed by atoms with Crippen molar-refractivity contribution in [2.24, 2.45) is 10.4 Å². The molecule has 1 rings (SSSR count). The van der Waals surface area contributed by atoms with E-state index in [2.05, 4.69) is 43.4 Å². The molecule has 1 aliphatic rings. The van der Waals surface area contributed by atoms with Crippen LogP contribution in [0.15, 0.2) is 4.99 Å². The SMILES string of the molecule is CCNC(=NCC1(C(=O)N(C)C)CCCC1)NCCCCN(C)C(C)C.I. The summed E-state index contributed by atoms with van der Waals surface area (Å²) < 4.78 is 0. The maximum Gasteiger partial charge on any atom is 0.230 e. The van der Waals surface area contributed by atoms with Crippen molar-refractivity contribution in [3.05, 3.63) is 0 Å². The normalized spacial score (nSPS) is 16.4. The zero-order valence-corrected chi connectivity index (χ0v) is 20.6. The third kappa shape index (κ3) is 8.98. The van der Waals surface area contributed by atoms with Crippen LogP contribution in [0.25, 0.3) is 0 Å². The summed E-state index contributed by atoms with van der Waals surface area (Å²) in [6.45, 7) is 9.96. The highest BCUT2D eigenvalue weighted by Crippen LogP contribution is 2.39. The topological polar surface area (TPSA) is 60.0 Å². The van der Waals surface area contributed by atoms with Crippen LogP contribution in [0.4, 0.5) is 0 Å². The molecular formula is C20H42IN5O. The fraction of sp³-hybridized carbons (Fsp3) is 0.900. The second kappa shape index (κ2) is 13.6. The van der Waals surface area contributed by atoms with E-state index in [4.69, 9.17) is 4.99 Å². The van der Waals surface area contributed by atoms with Crippen LogP contribution >= 0.6 is 24.0 Å². The molecule has 0 atom stereocenters. The number of halogens is 1. The molecule has 1 saturated carbocycles. The Bertz CT molecular complexity index is 448. The van der Waals surface area contributed by atoms with E-state index >= 15 is 0 Å². The molecule has 7 heteroatoms. The standard InChI is InChI=1S/C20H41N5O.HI/c1-7-21-19(22-14-10-11-15-25(6)17(2)3)23-16-20(12-8-9-13-20)18(26)24(4)5;/h17H,7-16H2,1-6H3,(H2,21,22,23);1H. The van der Waals surface area contributed by atoms with Gasteiger partial charge in [-0.3, -0.25) is 9.79 Å². The summed E-state index contributed by atoms with van der Waals surface area (Å²) in [5, 5.41) is 6.74. The minimum atomic E-state index is -0.300. The number of rotatable bonds is 10. The molecule has 0 radical (unpaired) electrons. The van der Waals surface area contributed by atoms with Gasteiger partial charge in [0.1, 0.15) is 0 Å². The Hall–Kier alpha value is -0.570. The van der Waals surface area contributed by atoms with Crippen LogP contribution in [0.5, 0.6) is 0 Å². The molecule has 0 aliphatic heterocycles. The molecular weight excluding hydrogens is 453 g/mol. The molecule has 0 bridgehead atoms. The number of unbranched alkanes of at least 4 members (excludes halogenated alkanes) is 1. The van der Waals surface area contributed by atoms with Crippen LogP contribution in [-0.2, 0) is 4.79 Å². The number of amides is 1. The highest BCUT2D eigenvalue weighted by molar-refractivity contribution is 14.0. The van der Waals surface area contributed by atoms with Crippen LogP contribution in [-0.4, -0.2) is 75.0 Å². The molecule has 0 heterocycles. The van der Waals surface area contributed by atoms with Crippen LogP contribution < -0.4 is 10.6 Å². The lowest BCUT2D eigenvalue weighted by molar-refractivity contribution is -0.138. The molecule has 2 N–H and O–H groups in total. The molecule has 0 aromatic carbocycles. The quantitative estimate of drug-likeness (QED) is 0.212. The van der Waals surface area contributed by atoms with Gasteiger partial charge in [0.25, 0.3) is 0 Å². The molecule has 0 aromatic rings. The maximum absolute atomic E-state index is 12.7. The maximum atomic E-state index is 12.7. The van der Waals surface area contributed by atoms with Gasteiger partial charge >= 0.3 is 0 Å². The van der Waals surface area contributed by atoms with E-state index in [1.54, 1.807) is 4.90 Å². The third-order valence-corrected chi connectivity index (χ3v) is 5.42. The molecule has 0 spiro atoms. The van der Waals surface area contributed by atoms with Gasteiger partial charge in [-0.2, -0.15) is 0 Å². The van der Waals surface area contributed by atoms with E-state index in [0.29, 0.717) is 12.6 Å². The molecule has 0 unspecified atom stereocenters. The first kappa shape index (κ1) is 26.4. The van der Waals surface area contributed by atoms with Gasteiger partial charge < -0.3 is 20.4 Å². The van der Waals surface area contributed by atoms with E-state index < -0.39 is 0 Å². The first-order chi connectivity index (χ1) is 12.3. The Balaban J connectivity index is 0.00000676. The molecule has 0 saturated heterocycles. The number of aliphatic imine (C=N–C) groups is 1. The third-order valence-electron chi connectivity index (χ3n) is 5.42. The lowest BCUT2D eigenvalue weighted by Gasteiger charge is -2.29. The second-order valence-electron chi connectivity index (χ2n) is 8.09. The Kier molecular flexibility index (Phi) is 13.3. The van der Waals surface area contributed by atoms with E-state index in [-0.39, 0.29) is 35.3 Å². The smallest absolute Gasteiger partial charge is 0.230 e. The largest absolute Gasteiger partial charge is 0.357 e. The summed E-state index contributed by atoms with van der Waals surface area (Å²) in [4.78, 5) is 21.5. The lowest BCUT2D eigenvalue weighted by Crippen LogP contribution is -2.43. The van der Waals surface area contributed by atoms with E-state index in [1.165, 1.54) is 6.42 Å². The first-order valence-electron chi connectivity index (χ1n) is 10.3. The van der Waals surface area contributed by atoms with Crippen LogP contribution in [0.2, 0.25) is 0 Å². The Labute approximate surface area is 183 Å². The summed E-state index contributed by atoms with van der Waals surface area (Å²) in [6.07, 6.45) is 6.45. The fourth-order valence-corrected chi connectivity index (χ4v) is 3.49. The van der Waals surface area contributed by atoms with E-state index in [1.807, 2.05) is 14.1 Å². The molecule has 27 heavy (non-hydrogen) atoms. The highest BCUT2D eigenvalue weighted by atomic mass is 127. The summed E-state index contributed by atoms with van der Waals surface area (Å²) in [7, 11) is 5.87. The summed E-state index contributed by atoms with van der Waals surface area (Å²) >= 11 is 0. The van der Waals surface area contributed by atoms with Crippen molar-refractivity contribution in [3.8, 4) is 0 Å². The predicted octanol–water partition coefficient (Wildman–Crippen LogP) is 2.93. The van der Waals surface area contributed by atoms with Gasteiger partial charge in [-0.15, -0.1) is 24.0 Å². The first-order valence-corrected chi connectivity index (χ1v) is 10.3. The van der Waals surface area contributed by atoms with Crippen LogP contribution in [0.1, 0.15) is 59.3 Å². The van der Waals surface area contributed by atoms with Gasteiger partial charge in [-0.05, 0) is 60.0 Å². The highest BCUT2D eigenvalue weighted by Gasteiger charge is 2.41.